The summed E-state index contributed by atoms with van der Waals surface area (Å²) in [4.78, 5) is 18.8. The Morgan fingerprint density at radius 1 is 1.19 bits per heavy atom. The summed E-state index contributed by atoms with van der Waals surface area (Å²) >= 11 is 5.70. The van der Waals surface area contributed by atoms with Crippen molar-refractivity contribution < 1.29 is 13.9 Å². The maximum absolute atomic E-state index is 13.8. The Labute approximate surface area is 163 Å². The van der Waals surface area contributed by atoms with E-state index < -0.39 is 16.7 Å². The quantitative estimate of drug-likeness (QED) is 0.566. The standard InChI is InChI=1S/C19H16ClFN2O2.C2H6/c20-18(24)10-19(17-11-22-13-23-17,15-7-4-8-16(21)9-15)25-12-14-5-2-1-3-6-14;1-2/h1-9,11,13H,10,12H2,(H,22,23);1-2H3. The predicted octanol–water partition coefficient (Wildman–Crippen LogP) is 5.19. The molecule has 2 aromatic carbocycles. The van der Waals surface area contributed by atoms with Crippen LogP contribution in [0.5, 0.6) is 0 Å². The lowest BCUT2D eigenvalue weighted by atomic mass is 9.87. The molecule has 0 amide bonds. The largest absolute Gasteiger partial charge is 0.359 e. The molecule has 0 aliphatic carbocycles. The highest BCUT2D eigenvalue weighted by Gasteiger charge is 2.39. The first-order chi connectivity index (χ1) is 13.1. The summed E-state index contributed by atoms with van der Waals surface area (Å²) in [5.74, 6) is -0.424. The first kappa shape index (κ1) is 20.8. The van der Waals surface area contributed by atoms with Gasteiger partial charge in [-0.3, -0.25) is 4.79 Å². The van der Waals surface area contributed by atoms with Crippen molar-refractivity contribution >= 4 is 16.8 Å². The van der Waals surface area contributed by atoms with E-state index in [0.29, 0.717) is 11.3 Å². The van der Waals surface area contributed by atoms with Gasteiger partial charge in [0.15, 0.2) is 0 Å². The molecule has 3 aromatic rings. The summed E-state index contributed by atoms with van der Waals surface area (Å²) in [6.07, 6.45) is 2.87. The fourth-order valence-electron chi connectivity index (χ4n) is 2.76. The van der Waals surface area contributed by atoms with Crippen molar-refractivity contribution in [3.8, 4) is 0 Å². The van der Waals surface area contributed by atoms with E-state index >= 15 is 0 Å². The number of rotatable bonds is 7. The van der Waals surface area contributed by atoms with Gasteiger partial charge in [-0.1, -0.05) is 56.3 Å². The maximum atomic E-state index is 13.8. The zero-order valence-corrected chi connectivity index (χ0v) is 16.0. The molecule has 27 heavy (non-hydrogen) atoms. The molecule has 0 saturated carbocycles. The molecule has 6 heteroatoms. The first-order valence-electron chi connectivity index (χ1n) is 8.71. The molecule has 1 unspecified atom stereocenters. The van der Waals surface area contributed by atoms with E-state index in [1.165, 1.54) is 18.5 Å². The number of hydrogen-bond acceptors (Lipinski definition) is 3. The lowest BCUT2D eigenvalue weighted by Crippen LogP contribution is -2.33. The zero-order valence-electron chi connectivity index (χ0n) is 15.3. The third-order valence-corrected chi connectivity index (χ3v) is 4.07. The molecule has 1 atom stereocenters. The van der Waals surface area contributed by atoms with Gasteiger partial charge in [-0.15, -0.1) is 0 Å². The smallest absolute Gasteiger partial charge is 0.225 e. The van der Waals surface area contributed by atoms with Gasteiger partial charge in [0.25, 0.3) is 0 Å². The molecule has 0 spiro atoms. The molecule has 0 aliphatic heterocycles. The lowest BCUT2D eigenvalue weighted by Gasteiger charge is -2.32. The third-order valence-electron chi connectivity index (χ3n) is 3.94. The summed E-state index contributed by atoms with van der Waals surface area (Å²) in [5.41, 5.74) is 0.683. The highest BCUT2D eigenvalue weighted by Crippen LogP contribution is 2.37. The van der Waals surface area contributed by atoms with Gasteiger partial charge in [-0.2, -0.15) is 0 Å². The van der Waals surface area contributed by atoms with Crippen molar-refractivity contribution in [3.63, 3.8) is 0 Å². The summed E-state index contributed by atoms with van der Waals surface area (Å²) in [6, 6.07) is 15.5. The van der Waals surface area contributed by atoms with Crippen LogP contribution in [-0.4, -0.2) is 15.2 Å². The molecule has 0 saturated heterocycles. The van der Waals surface area contributed by atoms with E-state index in [1.54, 1.807) is 18.3 Å². The number of aromatic amines is 1. The number of ether oxygens (including phenoxy) is 1. The van der Waals surface area contributed by atoms with Crippen molar-refractivity contribution in [1.29, 1.82) is 0 Å². The molecule has 0 fully saturated rings. The summed E-state index contributed by atoms with van der Waals surface area (Å²) in [6.45, 7) is 4.22. The number of halogens is 2. The van der Waals surface area contributed by atoms with Crippen molar-refractivity contribution in [1.82, 2.24) is 9.97 Å². The molecule has 0 radical (unpaired) electrons. The minimum Gasteiger partial charge on any atom is -0.359 e. The Bertz CT molecular complexity index is 840. The minimum atomic E-state index is -1.26. The highest BCUT2D eigenvalue weighted by molar-refractivity contribution is 6.63. The molecule has 1 N–H and O–H groups in total. The van der Waals surface area contributed by atoms with Crippen LogP contribution in [0, 0.1) is 5.82 Å². The number of nitrogens with zero attached hydrogens (tertiary/aromatic N) is 1. The number of aromatic nitrogens is 2. The Morgan fingerprint density at radius 3 is 2.52 bits per heavy atom. The van der Waals surface area contributed by atoms with E-state index in [1.807, 2.05) is 44.2 Å². The fourth-order valence-corrected chi connectivity index (χ4v) is 2.95. The third kappa shape index (κ3) is 5.25. The molecule has 3 rings (SSSR count). The Hall–Kier alpha value is -2.50. The minimum absolute atomic E-state index is 0.160. The zero-order chi connectivity index (χ0) is 19.7. The summed E-state index contributed by atoms with van der Waals surface area (Å²) < 4.78 is 20.0. The lowest BCUT2D eigenvalue weighted by molar-refractivity contribution is -0.119. The van der Waals surface area contributed by atoms with Gasteiger partial charge in [0.1, 0.15) is 11.4 Å². The molecule has 1 heterocycles. The summed E-state index contributed by atoms with van der Waals surface area (Å²) in [5, 5.41) is -0.591. The van der Waals surface area contributed by atoms with Crippen molar-refractivity contribution in [2.24, 2.45) is 0 Å². The second-order valence-electron chi connectivity index (χ2n) is 5.61. The fraction of sp³-hybridized carbons (Fsp3) is 0.238. The van der Waals surface area contributed by atoms with Crippen LogP contribution in [0.3, 0.4) is 0 Å². The SMILES string of the molecule is CC.O=C(Cl)CC(OCc1ccccc1)(c1cccc(F)c1)c1cnc[nH]1. The Morgan fingerprint density at radius 2 is 1.93 bits per heavy atom. The number of nitrogens with one attached hydrogen (secondary N) is 1. The topological polar surface area (TPSA) is 55.0 Å². The van der Waals surface area contributed by atoms with E-state index in [4.69, 9.17) is 16.3 Å². The predicted molar refractivity (Wildman–Crippen MR) is 104 cm³/mol. The van der Waals surface area contributed by atoms with E-state index in [-0.39, 0.29) is 13.0 Å². The maximum Gasteiger partial charge on any atom is 0.225 e. The van der Waals surface area contributed by atoms with Crippen molar-refractivity contribution in [3.05, 3.63) is 89.8 Å². The second-order valence-corrected chi connectivity index (χ2v) is 6.03. The monoisotopic (exact) mass is 388 g/mol. The number of carbonyl (C=O) groups is 1. The van der Waals surface area contributed by atoms with Gasteiger partial charge in [-0.25, -0.2) is 9.37 Å². The molecular weight excluding hydrogens is 367 g/mol. The average Bonchev–Trinajstić information content (AvgIpc) is 3.22. The number of carbonyl (C=O) groups excluding carboxylic acids is 1. The van der Waals surface area contributed by atoms with Gasteiger partial charge in [0, 0.05) is 0 Å². The normalized spacial score (nSPS) is 12.6. The van der Waals surface area contributed by atoms with Crippen LogP contribution in [0.1, 0.15) is 37.1 Å². The molecular formula is C21H22ClFN2O2. The van der Waals surface area contributed by atoms with Gasteiger partial charge in [-0.05, 0) is 34.9 Å². The molecule has 142 valence electrons. The van der Waals surface area contributed by atoms with Crippen LogP contribution >= 0.6 is 11.6 Å². The number of benzene rings is 2. The van der Waals surface area contributed by atoms with E-state index in [2.05, 4.69) is 9.97 Å². The van der Waals surface area contributed by atoms with Crippen LogP contribution in [0.4, 0.5) is 4.39 Å². The van der Waals surface area contributed by atoms with Crippen LogP contribution in [0.15, 0.2) is 67.1 Å². The number of H-pyrrole nitrogens is 1. The molecule has 1 aromatic heterocycles. The van der Waals surface area contributed by atoms with Crippen LogP contribution in [0.2, 0.25) is 0 Å². The van der Waals surface area contributed by atoms with Crippen LogP contribution < -0.4 is 0 Å². The number of imidazole rings is 1. The summed E-state index contributed by atoms with van der Waals surface area (Å²) in [7, 11) is 0. The van der Waals surface area contributed by atoms with Gasteiger partial charge < -0.3 is 9.72 Å². The van der Waals surface area contributed by atoms with E-state index in [9.17, 15) is 9.18 Å². The highest BCUT2D eigenvalue weighted by atomic mass is 35.5. The molecule has 0 aliphatic rings. The van der Waals surface area contributed by atoms with Crippen LogP contribution in [-0.2, 0) is 21.7 Å². The molecule has 0 bridgehead atoms. The first-order valence-corrected chi connectivity index (χ1v) is 9.09. The van der Waals surface area contributed by atoms with E-state index in [0.717, 1.165) is 5.56 Å². The Balaban J connectivity index is 0.00000126. The van der Waals surface area contributed by atoms with Crippen molar-refractivity contribution in [2.45, 2.75) is 32.5 Å². The van der Waals surface area contributed by atoms with Gasteiger partial charge >= 0.3 is 0 Å². The van der Waals surface area contributed by atoms with Crippen molar-refractivity contribution in [2.75, 3.05) is 0 Å². The number of hydrogen-bond donors (Lipinski definition) is 1. The van der Waals surface area contributed by atoms with Gasteiger partial charge in [0.2, 0.25) is 5.24 Å². The van der Waals surface area contributed by atoms with Crippen LogP contribution in [0.25, 0.3) is 0 Å². The Kier molecular flexibility index (Phi) is 7.70. The van der Waals surface area contributed by atoms with Gasteiger partial charge in [0.05, 0.1) is 31.2 Å². The average molecular weight is 389 g/mol. The molecule has 4 nitrogen and oxygen atoms in total. The second kappa shape index (κ2) is 10.00.